The molecule has 0 saturated heterocycles. The highest BCUT2D eigenvalue weighted by molar-refractivity contribution is 6.21. The third kappa shape index (κ3) is 3.72. The van der Waals surface area contributed by atoms with Gasteiger partial charge in [-0.3, -0.25) is 0 Å². The molecule has 1 aliphatic carbocycles. The van der Waals surface area contributed by atoms with Crippen molar-refractivity contribution in [2.24, 2.45) is 0 Å². The van der Waals surface area contributed by atoms with Gasteiger partial charge in [-0.25, -0.2) is 9.78 Å². The zero-order chi connectivity index (χ0) is 18.6. The lowest BCUT2D eigenvalue weighted by atomic mass is 9.95. The van der Waals surface area contributed by atoms with E-state index in [-0.39, 0.29) is 5.57 Å². The van der Waals surface area contributed by atoms with Gasteiger partial charge < -0.3 is 15.4 Å². The van der Waals surface area contributed by atoms with Crippen molar-refractivity contribution in [2.45, 2.75) is 38.1 Å². The average Bonchev–Trinajstić information content (AvgIpc) is 3.11. The van der Waals surface area contributed by atoms with Gasteiger partial charge in [-0.1, -0.05) is 49.6 Å². The zero-order valence-electron chi connectivity index (χ0n) is 15.1. The molecule has 1 aromatic carbocycles. The predicted molar refractivity (Wildman–Crippen MR) is 109 cm³/mol. The van der Waals surface area contributed by atoms with Crippen molar-refractivity contribution >= 4 is 34.3 Å². The lowest BCUT2D eigenvalue weighted by molar-refractivity contribution is -0.130. The molecule has 1 aliphatic rings. The number of rotatable bonds is 5. The molecule has 0 aliphatic heterocycles. The van der Waals surface area contributed by atoms with E-state index < -0.39 is 5.97 Å². The number of aromatic nitrogens is 2. The summed E-state index contributed by atoms with van der Waals surface area (Å²) in [4.78, 5) is 19.4. The van der Waals surface area contributed by atoms with Gasteiger partial charge in [0.2, 0.25) is 0 Å². The van der Waals surface area contributed by atoms with Gasteiger partial charge in [-0.2, -0.15) is 0 Å². The van der Waals surface area contributed by atoms with Crippen LogP contribution in [-0.2, 0) is 4.79 Å². The molecule has 2 heterocycles. The van der Waals surface area contributed by atoms with Crippen LogP contribution in [0.3, 0.4) is 0 Å². The lowest BCUT2D eigenvalue weighted by Crippen LogP contribution is -2.22. The maximum atomic E-state index is 11.9. The van der Waals surface area contributed by atoms with Gasteiger partial charge >= 0.3 is 5.97 Å². The van der Waals surface area contributed by atoms with E-state index in [1.165, 1.54) is 32.1 Å². The van der Waals surface area contributed by atoms with Gasteiger partial charge in [-0.15, -0.1) is 0 Å². The van der Waals surface area contributed by atoms with Gasteiger partial charge in [0.15, 0.2) is 0 Å². The fourth-order valence-electron chi connectivity index (χ4n) is 3.82. The molecule has 0 amide bonds. The Bertz CT molecular complexity index is 970. The van der Waals surface area contributed by atoms with Crippen molar-refractivity contribution < 1.29 is 9.90 Å². The SMILES string of the molecule is O=C(O)C(=Cc1c[nH]c2nccc(NC3CCCCC3)c12)c1ccccc1. The number of carbonyl (C=O) groups is 1. The van der Waals surface area contributed by atoms with Crippen LogP contribution in [-0.4, -0.2) is 27.1 Å². The molecule has 0 bridgehead atoms. The number of nitrogens with one attached hydrogen (secondary N) is 2. The van der Waals surface area contributed by atoms with Crippen molar-refractivity contribution in [1.82, 2.24) is 9.97 Å². The molecule has 138 valence electrons. The van der Waals surface area contributed by atoms with Crippen LogP contribution in [0.25, 0.3) is 22.7 Å². The summed E-state index contributed by atoms with van der Waals surface area (Å²) in [5, 5.41) is 14.3. The number of aliphatic carboxylic acids is 1. The van der Waals surface area contributed by atoms with Crippen LogP contribution in [0.5, 0.6) is 0 Å². The van der Waals surface area contributed by atoms with Gasteiger partial charge in [0.1, 0.15) is 5.65 Å². The topological polar surface area (TPSA) is 78.0 Å². The first kappa shape index (κ1) is 17.3. The summed E-state index contributed by atoms with van der Waals surface area (Å²) in [6.07, 6.45) is 11.5. The van der Waals surface area contributed by atoms with E-state index >= 15 is 0 Å². The van der Waals surface area contributed by atoms with Crippen LogP contribution < -0.4 is 5.32 Å². The number of hydrogen-bond acceptors (Lipinski definition) is 3. The molecule has 4 rings (SSSR count). The number of fused-ring (bicyclic) bond motifs is 1. The number of anilines is 1. The van der Waals surface area contributed by atoms with Gasteiger partial charge in [0.05, 0.1) is 5.57 Å². The normalized spacial score (nSPS) is 15.8. The highest BCUT2D eigenvalue weighted by Crippen LogP contribution is 2.31. The summed E-state index contributed by atoms with van der Waals surface area (Å²) in [5.74, 6) is -0.943. The number of benzene rings is 1. The Labute approximate surface area is 158 Å². The number of H-pyrrole nitrogens is 1. The van der Waals surface area contributed by atoms with E-state index in [0.29, 0.717) is 11.6 Å². The van der Waals surface area contributed by atoms with E-state index in [1.807, 2.05) is 42.6 Å². The maximum absolute atomic E-state index is 11.9. The molecule has 5 nitrogen and oxygen atoms in total. The summed E-state index contributed by atoms with van der Waals surface area (Å²) in [5.41, 5.74) is 3.56. The largest absolute Gasteiger partial charge is 0.478 e. The molecule has 2 aromatic heterocycles. The number of pyridine rings is 1. The monoisotopic (exact) mass is 361 g/mol. The minimum absolute atomic E-state index is 0.268. The van der Waals surface area contributed by atoms with Crippen molar-refractivity contribution in [3.05, 3.63) is 59.9 Å². The van der Waals surface area contributed by atoms with Gasteiger partial charge in [-0.05, 0) is 30.5 Å². The summed E-state index contributed by atoms with van der Waals surface area (Å²) in [7, 11) is 0. The molecular formula is C22H23N3O2. The van der Waals surface area contributed by atoms with E-state index in [9.17, 15) is 9.90 Å². The van der Waals surface area contributed by atoms with Crippen LogP contribution in [0.1, 0.15) is 43.2 Å². The van der Waals surface area contributed by atoms with Crippen LogP contribution in [0.15, 0.2) is 48.8 Å². The smallest absolute Gasteiger partial charge is 0.336 e. The molecule has 1 saturated carbocycles. The Kier molecular flexibility index (Phi) is 4.92. The quantitative estimate of drug-likeness (QED) is 0.563. The molecule has 5 heteroatoms. The van der Waals surface area contributed by atoms with E-state index in [2.05, 4.69) is 15.3 Å². The van der Waals surface area contributed by atoms with Crippen molar-refractivity contribution in [2.75, 3.05) is 5.32 Å². The van der Waals surface area contributed by atoms with Crippen molar-refractivity contribution in [1.29, 1.82) is 0 Å². The van der Waals surface area contributed by atoms with Gasteiger partial charge in [0.25, 0.3) is 0 Å². The molecule has 27 heavy (non-hydrogen) atoms. The number of carboxylic acids is 1. The van der Waals surface area contributed by atoms with E-state index in [1.54, 1.807) is 12.3 Å². The minimum atomic E-state index is -0.943. The average molecular weight is 361 g/mol. The highest BCUT2D eigenvalue weighted by Gasteiger charge is 2.17. The predicted octanol–water partition coefficient (Wildman–Crippen LogP) is 4.93. The summed E-state index contributed by atoms with van der Waals surface area (Å²) in [6.45, 7) is 0. The summed E-state index contributed by atoms with van der Waals surface area (Å²) in [6, 6.07) is 11.6. The Balaban J connectivity index is 1.76. The zero-order valence-corrected chi connectivity index (χ0v) is 15.1. The van der Waals surface area contributed by atoms with Crippen LogP contribution in [0.2, 0.25) is 0 Å². The highest BCUT2D eigenvalue weighted by atomic mass is 16.4. The second kappa shape index (κ2) is 7.66. The number of nitrogens with zero attached hydrogens (tertiary/aromatic N) is 1. The standard InChI is InChI=1S/C22H23N3O2/c26-22(27)18(15-7-3-1-4-8-15)13-16-14-24-21-20(16)19(11-12-23-21)25-17-9-5-2-6-10-17/h1,3-4,7-8,11-14,17H,2,5-6,9-10H2,(H,26,27)(H2,23,24,25). The first-order chi connectivity index (χ1) is 13.2. The van der Waals surface area contributed by atoms with Crippen LogP contribution >= 0.6 is 0 Å². The fraction of sp³-hybridized carbons (Fsp3) is 0.273. The Morgan fingerprint density at radius 1 is 1.15 bits per heavy atom. The molecule has 3 N–H and O–H groups in total. The first-order valence-electron chi connectivity index (χ1n) is 9.45. The van der Waals surface area contributed by atoms with Crippen LogP contribution in [0.4, 0.5) is 5.69 Å². The van der Waals surface area contributed by atoms with Crippen molar-refractivity contribution in [3.63, 3.8) is 0 Å². The number of carboxylic acid groups (broad SMARTS) is 1. The molecule has 0 radical (unpaired) electrons. The molecule has 0 atom stereocenters. The Hall–Kier alpha value is -3.08. The van der Waals surface area contributed by atoms with E-state index in [0.717, 1.165) is 22.3 Å². The third-order valence-electron chi connectivity index (χ3n) is 5.18. The Morgan fingerprint density at radius 2 is 1.93 bits per heavy atom. The molecular weight excluding hydrogens is 338 g/mol. The first-order valence-corrected chi connectivity index (χ1v) is 9.45. The summed E-state index contributed by atoms with van der Waals surface area (Å²) < 4.78 is 0. The van der Waals surface area contributed by atoms with Crippen molar-refractivity contribution in [3.8, 4) is 0 Å². The fourth-order valence-corrected chi connectivity index (χ4v) is 3.82. The molecule has 0 spiro atoms. The van der Waals surface area contributed by atoms with Crippen LogP contribution in [0, 0.1) is 0 Å². The maximum Gasteiger partial charge on any atom is 0.336 e. The number of hydrogen-bond donors (Lipinski definition) is 3. The Morgan fingerprint density at radius 3 is 2.67 bits per heavy atom. The molecule has 3 aromatic rings. The second-order valence-corrected chi connectivity index (χ2v) is 7.03. The van der Waals surface area contributed by atoms with Gasteiger partial charge in [0, 0.05) is 35.1 Å². The van der Waals surface area contributed by atoms with E-state index in [4.69, 9.17) is 0 Å². The third-order valence-corrected chi connectivity index (χ3v) is 5.18. The lowest BCUT2D eigenvalue weighted by Gasteiger charge is -2.24. The molecule has 0 unspecified atom stereocenters. The second-order valence-electron chi connectivity index (χ2n) is 7.03. The minimum Gasteiger partial charge on any atom is -0.478 e. The summed E-state index contributed by atoms with van der Waals surface area (Å²) >= 11 is 0. The molecule has 1 fully saturated rings. The number of aromatic amines is 1.